The molecule has 0 aliphatic rings. The fourth-order valence-corrected chi connectivity index (χ4v) is 5.51. The zero-order chi connectivity index (χ0) is 28.5. The minimum Gasteiger partial charge on any atom is -1.00 e. The Morgan fingerprint density at radius 3 is 0.732 bits per heavy atom. The third-order valence-electron chi connectivity index (χ3n) is 8.20. The van der Waals surface area contributed by atoms with E-state index in [4.69, 9.17) is 4.74 Å². The molecule has 0 amide bonds. The molecule has 0 bridgehead atoms. The van der Waals surface area contributed by atoms with Gasteiger partial charge < -0.3 is 7.59 Å². The number of carbonyl (C=O) groups excluding carboxylic acids is 2. The fraction of sp³-hybridized carbons (Fsp3) is 0.944. The number of hydrogen-bond acceptors (Lipinski definition) is 3. The normalized spacial score (nSPS) is 10.7. The molecule has 0 aliphatic heterocycles. The molecule has 0 saturated heterocycles. The van der Waals surface area contributed by atoms with Crippen molar-refractivity contribution in [3.05, 3.63) is 0 Å². The molecule has 0 fully saturated rings. The minimum absolute atomic E-state index is 0. The Hall–Kier alpha value is 1.33. The summed E-state index contributed by atoms with van der Waals surface area (Å²) in [5, 5.41) is 0. The third kappa shape index (κ3) is 41.3. The van der Waals surface area contributed by atoms with E-state index in [1.165, 1.54) is 167 Å². The van der Waals surface area contributed by atoms with Crippen molar-refractivity contribution in [2.45, 2.75) is 219 Å². The van der Waals surface area contributed by atoms with E-state index >= 15 is 0 Å². The number of carbonyl (C=O) groups is 2. The van der Waals surface area contributed by atoms with Crippen LogP contribution in [-0.2, 0) is 33.8 Å². The second-order valence-corrected chi connectivity index (χ2v) is 12.2. The van der Waals surface area contributed by atoms with Gasteiger partial charge in [0.25, 0.3) is 0 Å². The zero-order valence-corrected chi connectivity index (χ0v) is 35.7. The van der Waals surface area contributed by atoms with Crippen LogP contribution < -0.4 is 0 Å². The van der Waals surface area contributed by atoms with E-state index in [-0.39, 0.29) is 83.2 Å². The Morgan fingerprint density at radius 1 is 0.366 bits per heavy atom. The minimum atomic E-state index is -0.323. The molecule has 41 heavy (non-hydrogen) atoms. The van der Waals surface area contributed by atoms with E-state index in [9.17, 15) is 9.59 Å². The molecule has 0 heterocycles. The summed E-state index contributed by atoms with van der Waals surface area (Å²) in [6.07, 6.45) is 40.1. The van der Waals surface area contributed by atoms with Gasteiger partial charge in [-0.2, -0.15) is 0 Å². The van der Waals surface area contributed by atoms with Crippen LogP contribution in [0.15, 0.2) is 0 Å². The molecule has 0 aromatic carbocycles. The quantitative estimate of drug-likeness (QED) is 0.0297. The van der Waals surface area contributed by atoms with E-state index in [0.717, 1.165) is 25.7 Å². The number of esters is 2. The average Bonchev–Trinajstić information content (AvgIpc) is 2.93. The number of rotatable bonds is 32. The summed E-state index contributed by atoms with van der Waals surface area (Å²) < 4.78 is 5.01. The molecule has 0 unspecified atom stereocenters. The van der Waals surface area contributed by atoms with E-state index in [0.29, 0.717) is 12.8 Å². The number of ether oxygens (including phenoxy) is 1. The van der Waals surface area contributed by atoms with Crippen LogP contribution >= 0.6 is 0 Å². The molecule has 0 atom stereocenters. The largest absolute Gasteiger partial charge is 2.00 e. The Labute approximate surface area is 313 Å². The van der Waals surface area contributed by atoms with Gasteiger partial charge in [0.15, 0.2) is 0 Å². The maximum absolute atomic E-state index is 11.9. The van der Waals surface area contributed by atoms with Crippen molar-refractivity contribution in [1.29, 1.82) is 0 Å². The molecule has 5 heteroatoms. The fourth-order valence-electron chi connectivity index (χ4n) is 5.51. The van der Waals surface area contributed by atoms with Crippen molar-refractivity contribution < 1.29 is 36.7 Å². The van der Waals surface area contributed by atoms with Crippen molar-refractivity contribution >= 4 is 60.8 Å². The summed E-state index contributed by atoms with van der Waals surface area (Å²) in [7, 11) is 0. The van der Waals surface area contributed by atoms with Crippen LogP contribution in [0.2, 0.25) is 0 Å². The monoisotopic (exact) mass is 754 g/mol. The van der Waals surface area contributed by atoms with Gasteiger partial charge in [-0.15, -0.1) is 0 Å². The van der Waals surface area contributed by atoms with Gasteiger partial charge in [0, 0.05) is 32.3 Å². The van der Waals surface area contributed by atoms with Gasteiger partial charge in [-0.1, -0.05) is 194 Å². The second kappa shape index (κ2) is 41.3. The molecule has 0 aromatic heterocycles. The summed E-state index contributed by atoms with van der Waals surface area (Å²) in [5.41, 5.74) is 0. The van der Waals surface area contributed by atoms with E-state index in [1.54, 1.807) is 0 Å². The van der Waals surface area contributed by atoms with Crippen LogP contribution in [-0.4, -0.2) is 60.8 Å². The molecule has 0 spiro atoms. The van der Waals surface area contributed by atoms with Gasteiger partial charge in [0.05, 0.1) is 0 Å². The van der Waals surface area contributed by atoms with Gasteiger partial charge in [-0.25, -0.2) is 0 Å². The van der Waals surface area contributed by atoms with Crippen molar-refractivity contribution in [2.24, 2.45) is 0 Å². The van der Waals surface area contributed by atoms with Crippen LogP contribution in [0, 0.1) is 0 Å². The van der Waals surface area contributed by atoms with E-state index in [2.05, 4.69) is 13.8 Å². The first-order chi connectivity index (χ1) is 19.2. The topological polar surface area (TPSA) is 43.4 Å². The second-order valence-electron chi connectivity index (χ2n) is 12.2. The van der Waals surface area contributed by atoms with Crippen molar-refractivity contribution in [3.8, 4) is 0 Å². The van der Waals surface area contributed by atoms with Crippen molar-refractivity contribution in [1.82, 2.24) is 0 Å². The maximum atomic E-state index is 11.9. The zero-order valence-electron chi connectivity index (χ0n) is 30.3. The molecule has 3 nitrogen and oxygen atoms in total. The molecule has 0 radical (unpaired) electrons. The Balaban J connectivity index is -0.00000120. The van der Waals surface area contributed by atoms with Gasteiger partial charge >= 0.3 is 60.8 Å². The Morgan fingerprint density at radius 2 is 0.537 bits per heavy atom. The van der Waals surface area contributed by atoms with E-state index in [1.807, 2.05) is 0 Å². The molecular weight excluding hydrogens is 683 g/mol. The summed E-state index contributed by atoms with van der Waals surface area (Å²) >= 11 is 0. The molecule has 0 aromatic rings. The molecular formula is C36H72BaO3Zn. The SMILES string of the molecule is CCCCCCCCCCCCCCCCCC(=O)OC(=O)CCCCCCCCCCCCCCCCC.[Ba+2].[H-].[H-].[Zn]. The Kier molecular flexibility index (Phi) is 47.1. The van der Waals surface area contributed by atoms with Crippen molar-refractivity contribution in [3.63, 3.8) is 0 Å². The summed E-state index contributed by atoms with van der Waals surface area (Å²) in [5.74, 6) is -0.647. The molecule has 0 rings (SSSR count). The smallest absolute Gasteiger partial charge is 1.00 e. The van der Waals surface area contributed by atoms with Crippen LogP contribution in [0.5, 0.6) is 0 Å². The number of unbranched alkanes of at least 4 members (excludes halogenated alkanes) is 28. The molecule has 238 valence electrons. The van der Waals surface area contributed by atoms with Gasteiger partial charge in [0.1, 0.15) is 0 Å². The van der Waals surface area contributed by atoms with E-state index < -0.39 is 0 Å². The van der Waals surface area contributed by atoms with Crippen molar-refractivity contribution in [2.75, 3.05) is 0 Å². The predicted molar refractivity (Wildman–Crippen MR) is 178 cm³/mol. The standard InChI is InChI=1S/C36H70O3.Ba.Zn.2H/c1-3-5-7-9-11-13-15-17-19-21-23-25-27-29-31-33-35(37)39-36(38)34-32-30-28-26-24-22-20-18-16-14-12-10-8-6-4-2;;;;/h3-34H2,1-2H3;;;;/q;+2;;2*-1. The molecule has 0 saturated carbocycles. The first kappa shape index (κ1) is 46.7. The van der Waals surface area contributed by atoms with Crippen LogP contribution in [0.3, 0.4) is 0 Å². The first-order valence-corrected chi connectivity index (χ1v) is 17.9. The van der Waals surface area contributed by atoms with Gasteiger partial charge in [-0.3, -0.25) is 9.59 Å². The molecule has 0 N–H and O–H groups in total. The Bertz CT molecular complexity index is 483. The van der Waals surface area contributed by atoms with Crippen LogP contribution in [0.25, 0.3) is 0 Å². The van der Waals surface area contributed by atoms with Crippen LogP contribution in [0.4, 0.5) is 0 Å². The summed E-state index contributed by atoms with van der Waals surface area (Å²) in [6, 6.07) is 0. The average molecular weight is 756 g/mol. The first-order valence-electron chi connectivity index (χ1n) is 17.9. The maximum Gasteiger partial charge on any atom is 2.00 e. The number of hydrogen-bond donors (Lipinski definition) is 0. The third-order valence-corrected chi connectivity index (χ3v) is 8.20. The van der Waals surface area contributed by atoms with Gasteiger partial charge in [0.2, 0.25) is 0 Å². The molecule has 0 aliphatic carbocycles. The predicted octanol–water partition coefficient (Wildman–Crippen LogP) is 12.4. The van der Waals surface area contributed by atoms with Crippen LogP contribution in [0.1, 0.15) is 222 Å². The summed E-state index contributed by atoms with van der Waals surface area (Å²) in [6.45, 7) is 4.55. The summed E-state index contributed by atoms with van der Waals surface area (Å²) in [4.78, 5) is 23.8. The van der Waals surface area contributed by atoms with Gasteiger partial charge in [-0.05, 0) is 12.8 Å².